The topological polar surface area (TPSA) is 20.2 Å². The van der Waals surface area contributed by atoms with Gasteiger partial charge in [0.2, 0.25) is 0 Å². The first-order valence-corrected chi connectivity index (χ1v) is 3.73. The summed E-state index contributed by atoms with van der Waals surface area (Å²) < 4.78 is 0. The highest BCUT2D eigenvalue weighted by Gasteiger charge is 1.96. The minimum atomic E-state index is -0.0952. The van der Waals surface area contributed by atoms with E-state index in [-0.39, 0.29) is 6.10 Å². The van der Waals surface area contributed by atoms with Crippen molar-refractivity contribution < 1.29 is 5.11 Å². The van der Waals surface area contributed by atoms with Gasteiger partial charge in [0.1, 0.15) is 0 Å². The van der Waals surface area contributed by atoms with Crippen LogP contribution < -0.4 is 0 Å². The molecule has 0 fully saturated rings. The Balaban J connectivity index is 2.86. The molecule has 1 unspecified atom stereocenters. The van der Waals surface area contributed by atoms with E-state index < -0.39 is 0 Å². The summed E-state index contributed by atoms with van der Waals surface area (Å²) in [5, 5.41) is 8.96. The summed E-state index contributed by atoms with van der Waals surface area (Å²) in [4.78, 5) is 0. The van der Waals surface area contributed by atoms with Crippen LogP contribution in [-0.2, 0) is 0 Å². The van der Waals surface area contributed by atoms with E-state index in [1.165, 1.54) is 0 Å². The number of rotatable bonds is 4. The predicted octanol–water partition coefficient (Wildman–Crippen LogP) is 1.47. The Morgan fingerprint density at radius 3 is 2.62 bits per heavy atom. The van der Waals surface area contributed by atoms with Gasteiger partial charge >= 0.3 is 0 Å². The lowest BCUT2D eigenvalue weighted by Gasteiger charge is -2.03. The largest absolute Gasteiger partial charge is 0.393 e. The maximum Gasteiger partial charge on any atom is 0.0538 e. The highest BCUT2D eigenvalue weighted by molar-refractivity contribution is 7.80. The minimum absolute atomic E-state index is 0.0952. The van der Waals surface area contributed by atoms with Gasteiger partial charge in [-0.05, 0) is 25.0 Å². The molecule has 8 heavy (non-hydrogen) atoms. The van der Waals surface area contributed by atoms with E-state index in [9.17, 15) is 0 Å². The number of hydrogen-bond donors (Lipinski definition) is 2. The van der Waals surface area contributed by atoms with Crippen molar-refractivity contribution in [1.82, 2.24) is 0 Å². The van der Waals surface area contributed by atoms with Crippen LogP contribution in [0.3, 0.4) is 0 Å². The van der Waals surface area contributed by atoms with Gasteiger partial charge in [0, 0.05) is 0 Å². The van der Waals surface area contributed by atoms with Crippen LogP contribution in [0.4, 0.5) is 0 Å². The summed E-state index contributed by atoms with van der Waals surface area (Å²) >= 11 is 4.02. The van der Waals surface area contributed by atoms with Gasteiger partial charge in [-0.1, -0.05) is 6.92 Å². The highest BCUT2D eigenvalue weighted by Crippen LogP contribution is 2.00. The van der Waals surface area contributed by atoms with Gasteiger partial charge < -0.3 is 5.11 Å². The minimum Gasteiger partial charge on any atom is -0.393 e. The molecule has 0 aromatic carbocycles. The third-order valence-electron chi connectivity index (χ3n) is 1.17. The monoisotopic (exact) mass is 134 g/mol. The van der Waals surface area contributed by atoms with E-state index in [0.29, 0.717) is 0 Å². The Labute approximate surface area is 56.5 Å². The van der Waals surface area contributed by atoms with E-state index in [1.54, 1.807) is 0 Å². The number of aliphatic hydroxyl groups excluding tert-OH is 1. The summed E-state index contributed by atoms with van der Waals surface area (Å²) in [6.07, 6.45) is 2.70. The molecular weight excluding hydrogens is 120 g/mol. The summed E-state index contributed by atoms with van der Waals surface area (Å²) in [7, 11) is 0. The molecule has 0 spiro atoms. The fraction of sp³-hybridized carbons (Fsp3) is 1.00. The lowest BCUT2D eigenvalue weighted by molar-refractivity contribution is 0.160. The van der Waals surface area contributed by atoms with E-state index in [1.807, 2.05) is 6.92 Å². The molecule has 0 bridgehead atoms. The van der Waals surface area contributed by atoms with E-state index >= 15 is 0 Å². The van der Waals surface area contributed by atoms with Crippen LogP contribution in [0, 0.1) is 0 Å². The van der Waals surface area contributed by atoms with Gasteiger partial charge in [-0.25, -0.2) is 0 Å². The molecule has 0 aliphatic carbocycles. The first-order valence-electron chi connectivity index (χ1n) is 3.10. The summed E-state index contributed by atoms with van der Waals surface area (Å²) in [6.45, 7) is 1.99. The summed E-state index contributed by atoms with van der Waals surface area (Å²) in [5.74, 6) is 0.886. The molecule has 50 valence electrons. The van der Waals surface area contributed by atoms with Crippen molar-refractivity contribution in [2.45, 2.75) is 32.3 Å². The zero-order chi connectivity index (χ0) is 6.41. The fourth-order valence-corrected chi connectivity index (χ4v) is 0.714. The second-order valence-electron chi connectivity index (χ2n) is 1.93. The third-order valence-corrected chi connectivity index (χ3v) is 1.48. The predicted molar refractivity (Wildman–Crippen MR) is 39.4 cm³/mol. The summed E-state index contributed by atoms with van der Waals surface area (Å²) in [5.41, 5.74) is 0. The fourth-order valence-electron chi connectivity index (χ4n) is 0.531. The zero-order valence-corrected chi connectivity index (χ0v) is 6.19. The lowest BCUT2D eigenvalue weighted by Crippen LogP contribution is -2.03. The maximum absolute atomic E-state index is 8.96. The Bertz CT molecular complexity index is 47.8. The standard InChI is InChI=1S/C6H14OS/c1-2-6(7)4-3-5-8/h6-8H,2-5H2,1H3. The van der Waals surface area contributed by atoms with Crippen LogP contribution >= 0.6 is 12.6 Å². The second kappa shape index (κ2) is 5.45. The van der Waals surface area contributed by atoms with Gasteiger partial charge in [0.25, 0.3) is 0 Å². The molecule has 1 N–H and O–H groups in total. The number of aliphatic hydroxyl groups is 1. The highest BCUT2D eigenvalue weighted by atomic mass is 32.1. The molecule has 0 radical (unpaired) electrons. The van der Waals surface area contributed by atoms with Crippen LogP contribution in [0.2, 0.25) is 0 Å². The maximum atomic E-state index is 8.96. The van der Waals surface area contributed by atoms with Gasteiger partial charge in [0.05, 0.1) is 6.10 Å². The Hall–Kier alpha value is 0.310. The number of hydrogen-bond acceptors (Lipinski definition) is 2. The first kappa shape index (κ1) is 8.31. The van der Waals surface area contributed by atoms with E-state index in [2.05, 4.69) is 12.6 Å². The zero-order valence-electron chi connectivity index (χ0n) is 5.30. The molecule has 0 aromatic rings. The second-order valence-corrected chi connectivity index (χ2v) is 2.38. The van der Waals surface area contributed by atoms with Crippen LogP contribution in [0.1, 0.15) is 26.2 Å². The van der Waals surface area contributed by atoms with Crippen molar-refractivity contribution in [2.24, 2.45) is 0 Å². The van der Waals surface area contributed by atoms with Gasteiger partial charge in [-0.15, -0.1) is 0 Å². The molecule has 1 nitrogen and oxygen atoms in total. The molecule has 0 rings (SSSR count). The van der Waals surface area contributed by atoms with Crippen molar-refractivity contribution in [3.63, 3.8) is 0 Å². The van der Waals surface area contributed by atoms with Crippen molar-refractivity contribution in [3.05, 3.63) is 0 Å². The van der Waals surface area contributed by atoms with Gasteiger partial charge in [-0.3, -0.25) is 0 Å². The molecule has 0 aromatic heterocycles. The third kappa shape index (κ3) is 4.47. The Morgan fingerprint density at radius 2 is 2.25 bits per heavy atom. The van der Waals surface area contributed by atoms with Crippen LogP contribution in [0.15, 0.2) is 0 Å². The molecule has 0 saturated carbocycles. The molecular formula is C6H14OS. The Morgan fingerprint density at radius 1 is 1.62 bits per heavy atom. The molecule has 0 amide bonds. The Kier molecular flexibility index (Phi) is 5.66. The normalized spacial score (nSPS) is 13.9. The van der Waals surface area contributed by atoms with Gasteiger partial charge in [-0.2, -0.15) is 12.6 Å². The van der Waals surface area contributed by atoms with Crippen LogP contribution in [0.25, 0.3) is 0 Å². The smallest absolute Gasteiger partial charge is 0.0538 e. The van der Waals surface area contributed by atoms with Crippen LogP contribution in [-0.4, -0.2) is 17.0 Å². The molecule has 0 saturated heterocycles. The quantitative estimate of drug-likeness (QED) is 0.558. The molecule has 1 atom stereocenters. The number of thiol groups is 1. The van der Waals surface area contributed by atoms with Crippen molar-refractivity contribution >= 4 is 12.6 Å². The molecule has 0 heterocycles. The van der Waals surface area contributed by atoms with Crippen molar-refractivity contribution in [3.8, 4) is 0 Å². The van der Waals surface area contributed by atoms with E-state index in [0.717, 1.165) is 25.0 Å². The van der Waals surface area contributed by atoms with Gasteiger partial charge in [0.15, 0.2) is 0 Å². The first-order chi connectivity index (χ1) is 3.81. The lowest BCUT2D eigenvalue weighted by atomic mass is 10.2. The molecule has 0 aliphatic rings. The van der Waals surface area contributed by atoms with Crippen LogP contribution in [0.5, 0.6) is 0 Å². The molecule has 2 heteroatoms. The van der Waals surface area contributed by atoms with Crippen molar-refractivity contribution in [1.29, 1.82) is 0 Å². The van der Waals surface area contributed by atoms with E-state index in [4.69, 9.17) is 5.11 Å². The summed E-state index contributed by atoms with van der Waals surface area (Å²) in [6, 6.07) is 0. The average Bonchev–Trinajstić information content (AvgIpc) is 1.83. The van der Waals surface area contributed by atoms with Crippen molar-refractivity contribution in [2.75, 3.05) is 5.75 Å². The SMILES string of the molecule is CCC(O)CCCS. The average molecular weight is 134 g/mol. The molecule has 0 aliphatic heterocycles.